The lowest BCUT2D eigenvalue weighted by Crippen LogP contribution is -2.15. The quantitative estimate of drug-likeness (QED) is 0.531. The molecule has 0 heterocycles. The van der Waals surface area contributed by atoms with Crippen LogP contribution in [0.3, 0.4) is 0 Å². The predicted molar refractivity (Wildman–Crippen MR) is 57.4 cm³/mol. The van der Waals surface area contributed by atoms with Crippen molar-refractivity contribution < 1.29 is 0 Å². The minimum Gasteiger partial charge on any atom is -0.0879 e. The first kappa shape index (κ1) is 8.80. The van der Waals surface area contributed by atoms with Gasteiger partial charge in [0.05, 0.1) is 0 Å². The summed E-state index contributed by atoms with van der Waals surface area (Å²) in [5, 5.41) is 0. The minimum absolute atomic E-state index is 0.683. The summed E-state index contributed by atoms with van der Waals surface area (Å²) in [6.45, 7) is 4.55. The number of rotatable bonds is 1. The third-order valence-electron chi connectivity index (χ3n) is 3.10. The summed E-state index contributed by atoms with van der Waals surface area (Å²) in [6.07, 6.45) is 14.4. The van der Waals surface area contributed by atoms with Gasteiger partial charge in [0.15, 0.2) is 0 Å². The lowest BCUT2D eigenvalue weighted by atomic mass is 9.78. The predicted octanol–water partition coefficient (Wildman–Crippen LogP) is 3.72. The molecule has 0 radical (unpaired) electrons. The molecular formula is C13H18. The molecule has 13 heavy (non-hydrogen) atoms. The van der Waals surface area contributed by atoms with Crippen LogP contribution in [0.4, 0.5) is 0 Å². The summed E-state index contributed by atoms with van der Waals surface area (Å²) in [5.74, 6) is 2.16. The molecule has 0 aromatic rings. The van der Waals surface area contributed by atoms with E-state index in [4.69, 9.17) is 0 Å². The zero-order chi connectivity index (χ0) is 9.26. The standard InChI is InChI=1S/C13H18/c1-10(2)12-8-7-11-5-3-4-6-13(11)9-12/h3,5,7-11,13H,4,6H2,1-2H3. The molecule has 0 heteroatoms. The summed E-state index contributed by atoms with van der Waals surface area (Å²) in [4.78, 5) is 0. The summed E-state index contributed by atoms with van der Waals surface area (Å²) in [7, 11) is 0. The maximum Gasteiger partial charge on any atom is 0.00129 e. The van der Waals surface area contributed by atoms with E-state index in [9.17, 15) is 0 Å². The largest absolute Gasteiger partial charge is 0.0879 e. The van der Waals surface area contributed by atoms with Crippen molar-refractivity contribution in [3.8, 4) is 0 Å². The highest BCUT2D eigenvalue weighted by Gasteiger charge is 2.21. The lowest BCUT2D eigenvalue weighted by Gasteiger charge is -2.27. The Bertz CT molecular complexity index is 266. The molecule has 0 aromatic heterocycles. The first-order chi connectivity index (χ1) is 6.27. The van der Waals surface area contributed by atoms with Crippen molar-refractivity contribution in [2.45, 2.75) is 26.7 Å². The Balaban J connectivity index is 2.18. The average Bonchev–Trinajstić information content (AvgIpc) is 2.17. The second-order valence-electron chi connectivity index (χ2n) is 4.43. The van der Waals surface area contributed by atoms with E-state index >= 15 is 0 Å². The van der Waals surface area contributed by atoms with Gasteiger partial charge in [0.2, 0.25) is 0 Å². The minimum atomic E-state index is 0.683. The average molecular weight is 174 g/mol. The van der Waals surface area contributed by atoms with Gasteiger partial charge in [-0.2, -0.15) is 0 Å². The van der Waals surface area contributed by atoms with Crippen LogP contribution in [-0.2, 0) is 0 Å². The van der Waals surface area contributed by atoms with Crippen molar-refractivity contribution in [1.82, 2.24) is 0 Å². The third kappa shape index (κ3) is 1.77. The van der Waals surface area contributed by atoms with E-state index in [1.807, 2.05) is 0 Å². The van der Waals surface area contributed by atoms with Gasteiger partial charge in [-0.05, 0) is 30.3 Å². The molecule has 2 unspecified atom stereocenters. The van der Waals surface area contributed by atoms with Gasteiger partial charge in [0.25, 0.3) is 0 Å². The molecule has 2 rings (SSSR count). The zero-order valence-corrected chi connectivity index (χ0v) is 8.53. The Kier molecular flexibility index (Phi) is 2.39. The van der Waals surface area contributed by atoms with E-state index in [-0.39, 0.29) is 0 Å². The second kappa shape index (κ2) is 3.53. The van der Waals surface area contributed by atoms with Crippen molar-refractivity contribution in [2.24, 2.45) is 17.8 Å². The van der Waals surface area contributed by atoms with Gasteiger partial charge >= 0.3 is 0 Å². The molecule has 70 valence electrons. The fourth-order valence-corrected chi connectivity index (χ4v) is 2.19. The van der Waals surface area contributed by atoms with Crippen molar-refractivity contribution in [1.29, 1.82) is 0 Å². The summed E-state index contributed by atoms with van der Waals surface area (Å²) in [6, 6.07) is 0. The second-order valence-corrected chi connectivity index (χ2v) is 4.43. The van der Waals surface area contributed by atoms with Crippen LogP contribution in [0.15, 0.2) is 36.0 Å². The monoisotopic (exact) mass is 174 g/mol. The van der Waals surface area contributed by atoms with Gasteiger partial charge in [-0.15, -0.1) is 0 Å². The van der Waals surface area contributed by atoms with Gasteiger partial charge in [-0.1, -0.05) is 44.2 Å². The fourth-order valence-electron chi connectivity index (χ4n) is 2.19. The van der Waals surface area contributed by atoms with Crippen molar-refractivity contribution in [2.75, 3.05) is 0 Å². The summed E-state index contributed by atoms with van der Waals surface area (Å²) in [5.41, 5.74) is 1.52. The van der Waals surface area contributed by atoms with Gasteiger partial charge in [-0.3, -0.25) is 0 Å². The molecule has 0 aromatic carbocycles. The maximum absolute atomic E-state index is 2.48. The van der Waals surface area contributed by atoms with Gasteiger partial charge in [0.1, 0.15) is 0 Å². The number of allylic oxidation sites excluding steroid dienone is 6. The molecule has 0 spiro atoms. The van der Waals surface area contributed by atoms with Crippen LogP contribution in [-0.4, -0.2) is 0 Å². The summed E-state index contributed by atoms with van der Waals surface area (Å²) < 4.78 is 0. The first-order valence-electron chi connectivity index (χ1n) is 5.34. The highest BCUT2D eigenvalue weighted by molar-refractivity contribution is 5.30. The van der Waals surface area contributed by atoms with Gasteiger partial charge in [0, 0.05) is 5.92 Å². The zero-order valence-electron chi connectivity index (χ0n) is 8.53. The highest BCUT2D eigenvalue weighted by Crippen LogP contribution is 2.33. The maximum atomic E-state index is 2.48. The molecule has 2 aliphatic rings. The first-order valence-corrected chi connectivity index (χ1v) is 5.34. The van der Waals surface area contributed by atoms with Crippen LogP contribution in [0, 0.1) is 17.8 Å². The Morgan fingerprint density at radius 1 is 1.31 bits per heavy atom. The Hall–Kier alpha value is -0.780. The SMILES string of the molecule is CC(C)C1=CC2CCC=CC2C=C1. The van der Waals surface area contributed by atoms with Crippen molar-refractivity contribution in [3.05, 3.63) is 36.0 Å². The molecule has 0 bridgehead atoms. The fraction of sp³-hybridized carbons (Fsp3) is 0.538. The van der Waals surface area contributed by atoms with E-state index in [0.29, 0.717) is 11.8 Å². The molecule has 0 nitrogen and oxygen atoms in total. The van der Waals surface area contributed by atoms with E-state index in [0.717, 1.165) is 5.92 Å². The van der Waals surface area contributed by atoms with E-state index in [1.54, 1.807) is 0 Å². The van der Waals surface area contributed by atoms with E-state index in [2.05, 4.69) is 44.2 Å². The topological polar surface area (TPSA) is 0 Å². The molecule has 2 aliphatic carbocycles. The molecule has 2 atom stereocenters. The molecule has 0 saturated heterocycles. The van der Waals surface area contributed by atoms with E-state index in [1.165, 1.54) is 18.4 Å². The Labute approximate surface area is 81.0 Å². The van der Waals surface area contributed by atoms with Crippen LogP contribution >= 0.6 is 0 Å². The van der Waals surface area contributed by atoms with Crippen LogP contribution in [0.1, 0.15) is 26.7 Å². The molecule has 0 saturated carbocycles. The third-order valence-corrected chi connectivity index (χ3v) is 3.10. The van der Waals surface area contributed by atoms with Crippen LogP contribution in [0.2, 0.25) is 0 Å². The van der Waals surface area contributed by atoms with Gasteiger partial charge in [-0.25, -0.2) is 0 Å². The highest BCUT2D eigenvalue weighted by atomic mass is 14.3. The normalized spacial score (nSPS) is 31.8. The number of fused-ring (bicyclic) bond motifs is 1. The molecule has 0 amide bonds. The van der Waals surface area contributed by atoms with Crippen molar-refractivity contribution in [3.63, 3.8) is 0 Å². The van der Waals surface area contributed by atoms with Crippen molar-refractivity contribution >= 4 is 0 Å². The Morgan fingerprint density at radius 2 is 2.15 bits per heavy atom. The van der Waals surface area contributed by atoms with Crippen LogP contribution < -0.4 is 0 Å². The Morgan fingerprint density at radius 3 is 2.92 bits per heavy atom. The lowest BCUT2D eigenvalue weighted by molar-refractivity contribution is 0.483. The molecular weight excluding hydrogens is 156 g/mol. The molecule has 0 N–H and O–H groups in total. The summed E-state index contributed by atoms with van der Waals surface area (Å²) >= 11 is 0. The number of hydrogen-bond acceptors (Lipinski definition) is 0. The van der Waals surface area contributed by atoms with Crippen LogP contribution in [0.5, 0.6) is 0 Å². The number of hydrogen-bond donors (Lipinski definition) is 0. The van der Waals surface area contributed by atoms with Crippen LogP contribution in [0.25, 0.3) is 0 Å². The van der Waals surface area contributed by atoms with E-state index < -0.39 is 0 Å². The smallest absolute Gasteiger partial charge is 0.00129 e. The van der Waals surface area contributed by atoms with Gasteiger partial charge < -0.3 is 0 Å². The molecule has 0 aliphatic heterocycles. The molecule has 0 fully saturated rings.